The summed E-state index contributed by atoms with van der Waals surface area (Å²) in [5.41, 5.74) is 0.527. The molecule has 0 bridgehead atoms. The van der Waals surface area contributed by atoms with E-state index in [1.54, 1.807) is 12.1 Å². The fourth-order valence-electron chi connectivity index (χ4n) is 1.48. The second-order valence-electron chi connectivity index (χ2n) is 3.67. The van der Waals surface area contributed by atoms with Gasteiger partial charge in [0.05, 0.1) is 11.8 Å². The highest BCUT2D eigenvalue weighted by atomic mass is 19.1. The first-order valence-corrected chi connectivity index (χ1v) is 5.29. The van der Waals surface area contributed by atoms with Crippen LogP contribution < -0.4 is 5.32 Å². The van der Waals surface area contributed by atoms with Crippen molar-refractivity contribution in [3.8, 4) is 0 Å². The fraction of sp³-hybridized carbons (Fsp3) is 0.0769. The minimum absolute atomic E-state index is 0.0820. The lowest BCUT2D eigenvalue weighted by atomic mass is 10.2. The van der Waals surface area contributed by atoms with Crippen molar-refractivity contribution >= 4 is 5.91 Å². The molecule has 0 saturated carbocycles. The Morgan fingerprint density at radius 2 is 2.11 bits per heavy atom. The normalized spacial score (nSPS) is 10.1. The van der Waals surface area contributed by atoms with Gasteiger partial charge in [0.1, 0.15) is 5.82 Å². The quantitative estimate of drug-likeness (QED) is 0.905. The number of benzene rings is 1. The molecule has 3 nitrogen and oxygen atoms in total. The lowest BCUT2D eigenvalue weighted by Crippen LogP contribution is -2.23. The van der Waals surface area contributed by atoms with Gasteiger partial charge in [0.25, 0.3) is 5.91 Å². The predicted molar refractivity (Wildman–Crippen MR) is 61.8 cm³/mol. The summed E-state index contributed by atoms with van der Waals surface area (Å²) < 4.78 is 26.1. The summed E-state index contributed by atoms with van der Waals surface area (Å²) in [6.45, 7) is 0.137. The summed E-state index contributed by atoms with van der Waals surface area (Å²) in [5.74, 6) is -1.62. The molecule has 0 fully saturated rings. The largest absolute Gasteiger partial charge is 0.348 e. The number of carbonyl (C=O) groups is 1. The van der Waals surface area contributed by atoms with Crippen molar-refractivity contribution in [3.63, 3.8) is 0 Å². The molecule has 0 atom stereocenters. The van der Waals surface area contributed by atoms with Crippen LogP contribution in [0.4, 0.5) is 8.78 Å². The van der Waals surface area contributed by atoms with Crippen LogP contribution in [0.3, 0.4) is 0 Å². The molecule has 5 heteroatoms. The number of carbonyl (C=O) groups excluding carboxylic acids is 1. The maximum Gasteiger partial charge on any atom is 0.254 e. The van der Waals surface area contributed by atoms with E-state index in [0.29, 0.717) is 5.56 Å². The van der Waals surface area contributed by atoms with E-state index < -0.39 is 11.7 Å². The van der Waals surface area contributed by atoms with Crippen molar-refractivity contribution < 1.29 is 13.6 Å². The predicted octanol–water partition coefficient (Wildman–Crippen LogP) is 2.29. The fourth-order valence-corrected chi connectivity index (χ4v) is 1.48. The van der Waals surface area contributed by atoms with E-state index in [0.717, 1.165) is 6.20 Å². The first-order valence-electron chi connectivity index (χ1n) is 5.29. The third-order valence-corrected chi connectivity index (χ3v) is 2.36. The number of nitrogens with zero attached hydrogens (tertiary/aromatic N) is 1. The number of amides is 1. The smallest absolute Gasteiger partial charge is 0.254 e. The first kappa shape index (κ1) is 12.2. The average Bonchev–Trinajstić information content (AvgIpc) is 2.37. The molecule has 0 aliphatic heterocycles. The number of rotatable bonds is 3. The van der Waals surface area contributed by atoms with Crippen LogP contribution in [-0.2, 0) is 6.54 Å². The van der Waals surface area contributed by atoms with E-state index >= 15 is 0 Å². The molecule has 1 aromatic heterocycles. The van der Waals surface area contributed by atoms with Gasteiger partial charge in [-0.05, 0) is 23.8 Å². The lowest BCUT2D eigenvalue weighted by molar-refractivity contribution is 0.0946. The highest BCUT2D eigenvalue weighted by Crippen LogP contribution is 2.06. The van der Waals surface area contributed by atoms with Gasteiger partial charge in [0, 0.05) is 12.7 Å². The van der Waals surface area contributed by atoms with Crippen LogP contribution in [-0.4, -0.2) is 10.9 Å². The summed E-state index contributed by atoms with van der Waals surface area (Å²) in [6, 6.07) is 7.13. The van der Waals surface area contributed by atoms with Crippen molar-refractivity contribution in [3.05, 3.63) is 65.5 Å². The Morgan fingerprint density at radius 1 is 1.28 bits per heavy atom. The van der Waals surface area contributed by atoms with Gasteiger partial charge in [-0.2, -0.15) is 0 Å². The Kier molecular flexibility index (Phi) is 3.62. The maximum absolute atomic E-state index is 13.2. The standard InChI is InChI=1S/C13H10F2N2O/c14-10-3-1-2-9(6-10)7-17-13(18)11-4-5-16-8-12(11)15/h1-6,8H,7H2,(H,17,18). The van der Waals surface area contributed by atoms with Crippen molar-refractivity contribution in [2.75, 3.05) is 0 Å². The van der Waals surface area contributed by atoms with E-state index in [-0.39, 0.29) is 17.9 Å². The third-order valence-electron chi connectivity index (χ3n) is 2.36. The van der Waals surface area contributed by atoms with Gasteiger partial charge in [0.15, 0.2) is 5.82 Å². The van der Waals surface area contributed by atoms with Crippen LogP contribution in [0.5, 0.6) is 0 Å². The second-order valence-corrected chi connectivity index (χ2v) is 3.67. The zero-order valence-electron chi connectivity index (χ0n) is 9.36. The van der Waals surface area contributed by atoms with E-state index in [1.807, 2.05) is 0 Å². The van der Waals surface area contributed by atoms with Gasteiger partial charge >= 0.3 is 0 Å². The van der Waals surface area contributed by atoms with E-state index in [9.17, 15) is 13.6 Å². The first-order chi connectivity index (χ1) is 8.66. The number of hydrogen-bond donors (Lipinski definition) is 1. The minimum Gasteiger partial charge on any atom is -0.348 e. The summed E-state index contributed by atoms with van der Waals surface area (Å²) in [6.07, 6.45) is 2.30. The minimum atomic E-state index is -0.686. The number of halogens is 2. The molecule has 0 aliphatic carbocycles. The van der Waals surface area contributed by atoms with E-state index in [1.165, 1.54) is 24.4 Å². The van der Waals surface area contributed by atoms with Gasteiger partial charge in [-0.15, -0.1) is 0 Å². The molecule has 0 saturated heterocycles. The molecule has 1 heterocycles. The molecule has 0 spiro atoms. The molecular weight excluding hydrogens is 238 g/mol. The highest BCUT2D eigenvalue weighted by Gasteiger charge is 2.10. The van der Waals surface area contributed by atoms with Crippen molar-refractivity contribution in [1.82, 2.24) is 10.3 Å². The van der Waals surface area contributed by atoms with Gasteiger partial charge in [-0.25, -0.2) is 8.78 Å². The Bertz CT molecular complexity index is 572. The number of nitrogens with one attached hydrogen (secondary N) is 1. The molecule has 2 aromatic rings. The lowest BCUT2D eigenvalue weighted by Gasteiger charge is -2.05. The zero-order chi connectivity index (χ0) is 13.0. The molecular formula is C13H10F2N2O. The van der Waals surface area contributed by atoms with Crippen LogP contribution in [0.15, 0.2) is 42.7 Å². The molecule has 18 heavy (non-hydrogen) atoms. The Balaban J connectivity index is 2.03. The molecule has 92 valence electrons. The summed E-state index contributed by atoms with van der Waals surface area (Å²) in [7, 11) is 0. The molecule has 2 rings (SSSR count). The van der Waals surface area contributed by atoms with Crippen molar-refractivity contribution in [1.29, 1.82) is 0 Å². The molecule has 0 unspecified atom stereocenters. The van der Waals surface area contributed by atoms with Crippen molar-refractivity contribution in [2.24, 2.45) is 0 Å². The maximum atomic E-state index is 13.2. The molecule has 1 aromatic carbocycles. The summed E-state index contributed by atoms with van der Waals surface area (Å²) >= 11 is 0. The van der Waals surface area contributed by atoms with Crippen molar-refractivity contribution in [2.45, 2.75) is 6.54 Å². The van der Waals surface area contributed by atoms with Gasteiger partial charge in [-0.1, -0.05) is 12.1 Å². The zero-order valence-corrected chi connectivity index (χ0v) is 9.36. The average molecular weight is 248 g/mol. The molecule has 1 amide bonds. The van der Waals surface area contributed by atoms with Crippen LogP contribution >= 0.6 is 0 Å². The van der Waals surface area contributed by atoms with Gasteiger partial charge in [-0.3, -0.25) is 9.78 Å². The van der Waals surface area contributed by atoms with Crippen LogP contribution in [0.1, 0.15) is 15.9 Å². The van der Waals surface area contributed by atoms with Gasteiger partial charge in [0.2, 0.25) is 0 Å². The Morgan fingerprint density at radius 3 is 2.83 bits per heavy atom. The number of hydrogen-bond acceptors (Lipinski definition) is 2. The summed E-state index contributed by atoms with van der Waals surface area (Å²) in [4.78, 5) is 15.2. The second kappa shape index (κ2) is 5.35. The van der Waals surface area contributed by atoms with E-state index in [4.69, 9.17) is 0 Å². The monoisotopic (exact) mass is 248 g/mol. The molecule has 1 N–H and O–H groups in total. The number of aromatic nitrogens is 1. The third kappa shape index (κ3) is 2.88. The van der Waals surface area contributed by atoms with Crippen LogP contribution in [0.2, 0.25) is 0 Å². The molecule has 0 radical (unpaired) electrons. The molecule has 0 aliphatic rings. The Labute approximate surface area is 102 Å². The summed E-state index contributed by atoms with van der Waals surface area (Å²) in [5, 5.41) is 2.51. The van der Waals surface area contributed by atoms with Crippen LogP contribution in [0.25, 0.3) is 0 Å². The van der Waals surface area contributed by atoms with Gasteiger partial charge < -0.3 is 5.32 Å². The topological polar surface area (TPSA) is 42.0 Å². The van der Waals surface area contributed by atoms with Crippen LogP contribution in [0, 0.1) is 11.6 Å². The van der Waals surface area contributed by atoms with E-state index in [2.05, 4.69) is 10.3 Å². The highest BCUT2D eigenvalue weighted by molar-refractivity contribution is 5.94. The number of pyridine rings is 1. The SMILES string of the molecule is O=C(NCc1cccc(F)c1)c1ccncc1F. The Hall–Kier alpha value is -2.30.